The number of anilines is 2. The van der Waals surface area contributed by atoms with Gasteiger partial charge in [0.05, 0.1) is 37.0 Å². The van der Waals surface area contributed by atoms with Gasteiger partial charge in [-0.2, -0.15) is 4.98 Å². The van der Waals surface area contributed by atoms with Crippen LogP contribution < -0.4 is 14.8 Å². The Labute approximate surface area is 204 Å². The zero-order valence-electron chi connectivity index (χ0n) is 20.2. The normalized spacial score (nSPS) is 14.6. The Balaban J connectivity index is 1.71. The number of hydrogen-bond donors (Lipinski definition) is 2. The standard InChI is InChI=1S/C22H31N5O7S/c1-14(2)33-22(29)27-9-7-16(8-10-27)34-21-19(32-4)20(23-13-24-21)26-17-5-6-18(25-15(17)3)35(30,31)12-11-28/h5-6,13-14,16,28H,7-12H2,1-4H3,(H,23,24,26). The molecular formula is C22H31N5O7S. The van der Waals surface area contributed by atoms with E-state index in [1.807, 2.05) is 13.8 Å². The van der Waals surface area contributed by atoms with Gasteiger partial charge in [-0.15, -0.1) is 0 Å². The van der Waals surface area contributed by atoms with Gasteiger partial charge in [0.2, 0.25) is 5.75 Å². The number of carbonyl (C=O) groups is 1. The smallest absolute Gasteiger partial charge is 0.410 e. The summed E-state index contributed by atoms with van der Waals surface area (Å²) in [7, 11) is -2.20. The zero-order valence-corrected chi connectivity index (χ0v) is 21.0. The lowest BCUT2D eigenvalue weighted by Crippen LogP contribution is -2.42. The molecule has 1 aliphatic heterocycles. The lowest BCUT2D eigenvalue weighted by atomic mass is 10.1. The van der Waals surface area contributed by atoms with Crippen LogP contribution in [0.25, 0.3) is 0 Å². The van der Waals surface area contributed by atoms with Crippen LogP contribution in [0.15, 0.2) is 23.5 Å². The second-order valence-electron chi connectivity index (χ2n) is 8.25. The maximum atomic E-state index is 12.2. The number of amides is 1. The Morgan fingerprint density at radius 1 is 1.26 bits per heavy atom. The fourth-order valence-corrected chi connectivity index (χ4v) is 4.50. The van der Waals surface area contributed by atoms with Crippen LogP contribution in [-0.2, 0) is 14.6 Å². The molecule has 0 spiro atoms. The molecule has 0 aliphatic carbocycles. The van der Waals surface area contributed by atoms with Crippen LogP contribution in [-0.4, -0.2) is 84.2 Å². The van der Waals surface area contributed by atoms with E-state index in [9.17, 15) is 13.2 Å². The van der Waals surface area contributed by atoms with E-state index >= 15 is 0 Å². The number of methoxy groups -OCH3 is 1. The highest BCUT2D eigenvalue weighted by molar-refractivity contribution is 7.91. The van der Waals surface area contributed by atoms with Crippen LogP contribution in [0.3, 0.4) is 0 Å². The number of rotatable bonds is 9. The van der Waals surface area contributed by atoms with E-state index < -0.39 is 22.2 Å². The van der Waals surface area contributed by atoms with E-state index in [4.69, 9.17) is 19.3 Å². The summed E-state index contributed by atoms with van der Waals surface area (Å²) >= 11 is 0. The molecule has 1 saturated heterocycles. The number of aromatic nitrogens is 3. The van der Waals surface area contributed by atoms with Crippen molar-refractivity contribution >= 4 is 27.4 Å². The summed E-state index contributed by atoms with van der Waals surface area (Å²) in [4.78, 5) is 26.3. The van der Waals surface area contributed by atoms with Crippen LogP contribution in [0.1, 0.15) is 32.4 Å². The van der Waals surface area contributed by atoms with Gasteiger partial charge in [-0.25, -0.2) is 23.2 Å². The number of nitrogens with zero attached hydrogens (tertiary/aromatic N) is 4. The second kappa shape index (κ2) is 11.5. The highest BCUT2D eigenvalue weighted by atomic mass is 32.2. The number of pyridine rings is 1. The van der Waals surface area contributed by atoms with Gasteiger partial charge in [-0.1, -0.05) is 0 Å². The van der Waals surface area contributed by atoms with E-state index in [-0.39, 0.29) is 35.0 Å². The third-order valence-electron chi connectivity index (χ3n) is 5.28. The van der Waals surface area contributed by atoms with Crippen LogP contribution in [0.2, 0.25) is 0 Å². The third kappa shape index (κ3) is 6.69. The molecule has 13 heteroatoms. The van der Waals surface area contributed by atoms with Crippen molar-refractivity contribution in [2.45, 2.75) is 50.8 Å². The quantitative estimate of drug-likeness (QED) is 0.511. The number of sulfone groups is 1. The SMILES string of the molecule is COc1c(Nc2ccc(S(=O)(=O)CCO)nc2C)ncnc1OC1CCN(C(=O)OC(C)C)CC1. The van der Waals surface area contributed by atoms with Gasteiger partial charge in [0.1, 0.15) is 12.4 Å². The average Bonchev–Trinajstić information content (AvgIpc) is 2.80. The fourth-order valence-electron chi connectivity index (χ4n) is 3.50. The molecule has 12 nitrogen and oxygen atoms in total. The number of aliphatic hydroxyl groups is 1. The van der Waals surface area contributed by atoms with Crippen LogP contribution in [0.5, 0.6) is 11.6 Å². The zero-order chi connectivity index (χ0) is 25.6. The van der Waals surface area contributed by atoms with Crippen LogP contribution in [0, 0.1) is 6.92 Å². The largest absolute Gasteiger partial charge is 0.489 e. The number of hydrogen-bond acceptors (Lipinski definition) is 11. The maximum absolute atomic E-state index is 12.2. The average molecular weight is 510 g/mol. The highest BCUT2D eigenvalue weighted by Gasteiger charge is 2.27. The molecule has 1 amide bonds. The molecule has 0 atom stereocenters. The van der Waals surface area contributed by atoms with Gasteiger partial charge < -0.3 is 29.5 Å². The fraction of sp³-hybridized carbons (Fsp3) is 0.545. The monoisotopic (exact) mass is 509 g/mol. The summed E-state index contributed by atoms with van der Waals surface area (Å²) in [5, 5.41) is 11.9. The van der Waals surface area contributed by atoms with Gasteiger partial charge in [-0.3, -0.25) is 0 Å². The molecule has 0 aromatic carbocycles. The Morgan fingerprint density at radius 2 is 1.97 bits per heavy atom. The topological polar surface area (TPSA) is 153 Å². The third-order valence-corrected chi connectivity index (χ3v) is 6.87. The number of aryl methyl sites for hydroxylation is 1. The first-order valence-corrected chi connectivity index (χ1v) is 12.9. The summed E-state index contributed by atoms with van der Waals surface area (Å²) in [6.07, 6.45) is 1.87. The Bertz CT molecular complexity index is 1140. The maximum Gasteiger partial charge on any atom is 0.410 e. The van der Waals surface area contributed by atoms with E-state index in [0.717, 1.165) is 0 Å². The Hall–Kier alpha value is -3.19. The molecule has 35 heavy (non-hydrogen) atoms. The number of aliphatic hydroxyl groups excluding tert-OH is 1. The summed E-state index contributed by atoms with van der Waals surface area (Å²) in [5.74, 6) is 0.461. The van der Waals surface area contributed by atoms with Crippen molar-refractivity contribution in [2.75, 3.05) is 37.9 Å². The van der Waals surface area contributed by atoms with Gasteiger partial charge in [0.25, 0.3) is 5.88 Å². The molecule has 3 heterocycles. The van der Waals surface area contributed by atoms with E-state index in [1.165, 1.54) is 19.5 Å². The Morgan fingerprint density at radius 3 is 2.57 bits per heavy atom. The first kappa shape index (κ1) is 26.4. The molecule has 0 radical (unpaired) electrons. The van der Waals surface area contributed by atoms with Crippen molar-refractivity contribution in [2.24, 2.45) is 0 Å². The van der Waals surface area contributed by atoms with Crippen molar-refractivity contribution < 1.29 is 32.5 Å². The molecule has 0 bridgehead atoms. The minimum Gasteiger partial charge on any atom is -0.489 e. The molecule has 2 aromatic heterocycles. The molecule has 1 aliphatic rings. The molecule has 0 unspecified atom stereocenters. The number of nitrogens with one attached hydrogen (secondary N) is 1. The molecule has 2 aromatic rings. The summed E-state index contributed by atoms with van der Waals surface area (Å²) in [5.41, 5.74) is 0.945. The predicted octanol–water partition coefficient (Wildman–Crippen LogP) is 2.09. The molecular weight excluding hydrogens is 478 g/mol. The van der Waals surface area contributed by atoms with Gasteiger partial charge in [0, 0.05) is 25.9 Å². The van der Waals surface area contributed by atoms with Crippen molar-refractivity contribution in [3.05, 3.63) is 24.2 Å². The summed E-state index contributed by atoms with van der Waals surface area (Å²) in [6, 6.07) is 2.93. The Kier molecular flexibility index (Phi) is 8.67. The highest BCUT2D eigenvalue weighted by Crippen LogP contribution is 2.35. The minimum atomic E-state index is -3.67. The van der Waals surface area contributed by atoms with Gasteiger partial charge in [0.15, 0.2) is 20.7 Å². The van der Waals surface area contributed by atoms with Crippen molar-refractivity contribution in [1.29, 1.82) is 0 Å². The lowest BCUT2D eigenvalue weighted by Gasteiger charge is -2.31. The lowest BCUT2D eigenvalue weighted by molar-refractivity contribution is 0.0500. The molecule has 0 saturated carbocycles. The van der Waals surface area contributed by atoms with Crippen LogP contribution >= 0.6 is 0 Å². The van der Waals surface area contributed by atoms with E-state index in [0.29, 0.717) is 43.1 Å². The van der Waals surface area contributed by atoms with Gasteiger partial charge in [-0.05, 0) is 32.9 Å². The first-order chi connectivity index (χ1) is 16.6. The molecule has 3 rings (SSSR count). The van der Waals surface area contributed by atoms with Gasteiger partial charge >= 0.3 is 6.09 Å². The molecule has 2 N–H and O–H groups in total. The van der Waals surface area contributed by atoms with E-state index in [1.54, 1.807) is 17.9 Å². The second-order valence-corrected chi connectivity index (χ2v) is 10.3. The summed E-state index contributed by atoms with van der Waals surface area (Å²) < 4.78 is 41.1. The van der Waals surface area contributed by atoms with E-state index in [2.05, 4.69) is 20.3 Å². The number of likely N-dealkylation sites (tertiary alicyclic amines) is 1. The van der Waals surface area contributed by atoms with Crippen molar-refractivity contribution in [1.82, 2.24) is 19.9 Å². The summed E-state index contributed by atoms with van der Waals surface area (Å²) in [6.45, 7) is 5.81. The number of carbonyl (C=O) groups excluding carboxylic acids is 1. The number of piperidine rings is 1. The van der Waals surface area contributed by atoms with Crippen LogP contribution in [0.4, 0.5) is 16.3 Å². The molecule has 192 valence electrons. The molecule has 1 fully saturated rings. The first-order valence-electron chi connectivity index (χ1n) is 11.2. The van der Waals surface area contributed by atoms with Crippen molar-refractivity contribution in [3.8, 4) is 11.6 Å². The number of ether oxygens (including phenoxy) is 3. The minimum absolute atomic E-state index is 0.114. The predicted molar refractivity (Wildman–Crippen MR) is 127 cm³/mol. The van der Waals surface area contributed by atoms with Crippen molar-refractivity contribution in [3.63, 3.8) is 0 Å².